The van der Waals surface area contributed by atoms with Crippen LogP contribution >= 0.6 is 0 Å². The first-order valence-electron chi connectivity index (χ1n) is 11.1. The molecule has 35 heavy (non-hydrogen) atoms. The third-order valence-corrected chi connectivity index (χ3v) is 7.41. The molecule has 1 atom stereocenters. The van der Waals surface area contributed by atoms with Crippen molar-refractivity contribution in [2.24, 2.45) is 0 Å². The van der Waals surface area contributed by atoms with Gasteiger partial charge in [0.15, 0.2) is 9.84 Å². The number of sulfone groups is 1. The van der Waals surface area contributed by atoms with E-state index in [1.807, 2.05) is 0 Å². The number of hydroxylamine groups is 2. The molecular formula is C23H27F3N2O6S. The van der Waals surface area contributed by atoms with Crippen molar-refractivity contribution in [2.45, 2.75) is 43.0 Å². The predicted octanol–water partition coefficient (Wildman–Crippen LogP) is 4.24. The van der Waals surface area contributed by atoms with E-state index in [1.165, 1.54) is 36.4 Å². The zero-order valence-corrected chi connectivity index (χ0v) is 19.7. The van der Waals surface area contributed by atoms with Gasteiger partial charge in [0.05, 0.1) is 16.7 Å². The summed E-state index contributed by atoms with van der Waals surface area (Å²) in [6, 6.07) is 9.35. The number of hydrogen-bond acceptors (Lipinski definition) is 7. The Morgan fingerprint density at radius 2 is 1.51 bits per heavy atom. The van der Waals surface area contributed by atoms with E-state index in [-0.39, 0.29) is 22.8 Å². The van der Waals surface area contributed by atoms with Crippen LogP contribution in [0.15, 0.2) is 53.4 Å². The number of benzene rings is 2. The summed E-state index contributed by atoms with van der Waals surface area (Å²) in [7, 11) is -3.84. The summed E-state index contributed by atoms with van der Waals surface area (Å²) < 4.78 is 72.0. The Morgan fingerprint density at radius 3 is 2.06 bits per heavy atom. The Hall–Kier alpha value is -2.83. The average molecular weight is 517 g/mol. The summed E-state index contributed by atoms with van der Waals surface area (Å²) in [5.41, 5.74) is 0. The maximum absolute atomic E-state index is 12.9. The summed E-state index contributed by atoms with van der Waals surface area (Å²) in [5, 5.41) is 10.3. The van der Waals surface area contributed by atoms with E-state index in [1.54, 1.807) is 0 Å². The minimum atomic E-state index is -4.80. The highest BCUT2D eigenvalue weighted by Crippen LogP contribution is 2.28. The van der Waals surface area contributed by atoms with Gasteiger partial charge in [-0.3, -0.25) is 10.0 Å². The van der Waals surface area contributed by atoms with Crippen LogP contribution in [0.1, 0.15) is 25.7 Å². The van der Waals surface area contributed by atoms with Gasteiger partial charge in [0, 0.05) is 6.54 Å². The highest BCUT2D eigenvalue weighted by atomic mass is 32.2. The second kappa shape index (κ2) is 11.7. The van der Waals surface area contributed by atoms with E-state index in [4.69, 9.17) is 4.74 Å². The summed E-state index contributed by atoms with van der Waals surface area (Å²) in [6.45, 7) is 2.39. The molecule has 0 radical (unpaired) electrons. The molecule has 8 nitrogen and oxygen atoms in total. The number of nitrogens with zero attached hydrogens (tertiary/aromatic N) is 2. The molecule has 0 saturated carbocycles. The molecule has 3 rings (SSSR count). The number of hydrogen-bond donors (Lipinski definition) is 1. The summed E-state index contributed by atoms with van der Waals surface area (Å²) in [6.07, 6.45) is -0.984. The summed E-state index contributed by atoms with van der Waals surface area (Å²) >= 11 is 0. The van der Waals surface area contributed by atoms with Crippen molar-refractivity contribution in [1.82, 2.24) is 9.96 Å². The van der Waals surface area contributed by atoms with Gasteiger partial charge in [-0.15, -0.1) is 13.2 Å². The number of carbonyl (C=O) groups is 1. The van der Waals surface area contributed by atoms with Gasteiger partial charge in [0.25, 0.3) is 0 Å². The Balaban J connectivity index is 1.62. The first-order chi connectivity index (χ1) is 16.6. The summed E-state index contributed by atoms with van der Waals surface area (Å²) in [5.74, 6) is -0.340. The number of halogens is 3. The third-order valence-electron chi connectivity index (χ3n) is 5.60. The number of ether oxygens (including phenoxy) is 2. The monoisotopic (exact) mass is 516 g/mol. The normalized spacial score (nSPS) is 15.9. The number of piperidine rings is 1. The second-order valence-electron chi connectivity index (χ2n) is 8.20. The van der Waals surface area contributed by atoms with Crippen LogP contribution < -0.4 is 9.47 Å². The molecule has 0 bridgehead atoms. The number of carbonyl (C=O) groups excluding carboxylic acids is 1. The van der Waals surface area contributed by atoms with Crippen molar-refractivity contribution in [2.75, 3.05) is 25.4 Å². The molecule has 0 aliphatic carbocycles. The van der Waals surface area contributed by atoms with E-state index in [0.29, 0.717) is 18.0 Å². The molecule has 1 aliphatic heterocycles. The molecule has 1 amide bonds. The zero-order chi connectivity index (χ0) is 25.5. The van der Waals surface area contributed by atoms with Crippen LogP contribution in [-0.2, 0) is 14.6 Å². The van der Waals surface area contributed by atoms with E-state index in [9.17, 15) is 31.6 Å². The van der Waals surface area contributed by atoms with Gasteiger partial charge in [-0.25, -0.2) is 13.5 Å². The van der Waals surface area contributed by atoms with Crippen molar-refractivity contribution in [3.8, 4) is 17.2 Å². The van der Waals surface area contributed by atoms with Crippen LogP contribution in [0.2, 0.25) is 0 Å². The van der Waals surface area contributed by atoms with Crippen molar-refractivity contribution in [3.05, 3.63) is 48.5 Å². The number of amides is 1. The molecule has 12 heteroatoms. The molecule has 2 aromatic rings. The lowest BCUT2D eigenvalue weighted by molar-refractivity contribution is -0.274. The van der Waals surface area contributed by atoms with Gasteiger partial charge in [-0.1, -0.05) is 6.42 Å². The maximum atomic E-state index is 12.9. The predicted molar refractivity (Wildman–Crippen MR) is 120 cm³/mol. The Labute approximate surface area is 201 Å². The molecular weight excluding hydrogens is 489 g/mol. The number of rotatable bonds is 11. The van der Waals surface area contributed by atoms with Gasteiger partial charge in [-0.2, -0.15) is 0 Å². The quantitative estimate of drug-likeness (QED) is 0.271. The molecule has 1 fully saturated rings. The lowest BCUT2D eigenvalue weighted by Gasteiger charge is -2.29. The minimum absolute atomic E-state index is 0.0129. The Kier molecular flexibility index (Phi) is 8.98. The fraction of sp³-hybridized carbons (Fsp3) is 0.435. The average Bonchev–Trinajstić information content (AvgIpc) is 2.82. The van der Waals surface area contributed by atoms with Crippen molar-refractivity contribution < 1.29 is 41.1 Å². The molecule has 2 aromatic carbocycles. The Bertz CT molecular complexity index is 1060. The SMILES string of the molecule is O=CN(O)C(CCN1CCCCC1)CS(=O)(=O)c1ccc(Oc2ccc(OC(F)(F)F)cc2)cc1. The van der Waals surface area contributed by atoms with E-state index < -0.39 is 33.7 Å². The van der Waals surface area contributed by atoms with Gasteiger partial charge in [-0.05, 0) is 80.9 Å². The molecule has 0 spiro atoms. The largest absolute Gasteiger partial charge is 0.573 e. The fourth-order valence-electron chi connectivity index (χ4n) is 3.80. The van der Waals surface area contributed by atoms with E-state index in [2.05, 4.69) is 9.64 Å². The van der Waals surface area contributed by atoms with Gasteiger partial charge in [0.2, 0.25) is 6.41 Å². The lowest BCUT2D eigenvalue weighted by atomic mass is 10.1. The van der Waals surface area contributed by atoms with Crippen LogP contribution in [0.5, 0.6) is 17.2 Å². The third kappa shape index (κ3) is 8.41. The van der Waals surface area contributed by atoms with Crippen LogP contribution in [0.3, 0.4) is 0 Å². The fourth-order valence-corrected chi connectivity index (χ4v) is 5.37. The molecule has 1 aliphatic rings. The molecule has 1 N–H and O–H groups in total. The van der Waals surface area contributed by atoms with Crippen molar-refractivity contribution >= 4 is 16.2 Å². The number of likely N-dealkylation sites (tertiary alicyclic amines) is 1. The van der Waals surface area contributed by atoms with Crippen LogP contribution in [0.25, 0.3) is 0 Å². The van der Waals surface area contributed by atoms with Gasteiger partial charge < -0.3 is 14.4 Å². The molecule has 1 saturated heterocycles. The smallest absolute Gasteiger partial charge is 0.457 e. The summed E-state index contributed by atoms with van der Waals surface area (Å²) in [4.78, 5) is 13.3. The molecule has 192 valence electrons. The maximum Gasteiger partial charge on any atom is 0.573 e. The molecule has 1 heterocycles. The first-order valence-corrected chi connectivity index (χ1v) is 12.7. The van der Waals surface area contributed by atoms with E-state index >= 15 is 0 Å². The second-order valence-corrected chi connectivity index (χ2v) is 10.2. The van der Waals surface area contributed by atoms with Crippen molar-refractivity contribution in [3.63, 3.8) is 0 Å². The molecule has 1 unspecified atom stereocenters. The standard InChI is InChI=1S/C23H27F3N2O6S/c24-23(25,26)34-21-6-4-19(5-7-21)33-20-8-10-22(11-9-20)35(31,32)16-18(28(30)17-29)12-15-27-13-2-1-3-14-27/h4-11,17-18,30H,1-3,12-16H2. The van der Waals surface area contributed by atoms with Gasteiger partial charge >= 0.3 is 6.36 Å². The van der Waals surface area contributed by atoms with Crippen LogP contribution in [0, 0.1) is 0 Å². The minimum Gasteiger partial charge on any atom is -0.457 e. The van der Waals surface area contributed by atoms with Crippen LogP contribution in [0.4, 0.5) is 13.2 Å². The highest BCUT2D eigenvalue weighted by molar-refractivity contribution is 7.91. The molecule has 0 aromatic heterocycles. The lowest BCUT2D eigenvalue weighted by Crippen LogP contribution is -2.41. The zero-order valence-electron chi connectivity index (χ0n) is 18.9. The van der Waals surface area contributed by atoms with Crippen molar-refractivity contribution in [1.29, 1.82) is 0 Å². The number of alkyl halides is 3. The Morgan fingerprint density at radius 1 is 0.971 bits per heavy atom. The van der Waals surface area contributed by atoms with Gasteiger partial charge in [0.1, 0.15) is 17.2 Å². The highest BCUT2D eigenvalue weighted by Gasteiger charge is 2.31. The first kappa shape index (κ1) is 26.8. The van der Waals surface area contributed by atoms with E-state index in [0.717, 1.165) is 44.5 Å². The topological polar surface area (TPSA) is 96.4 Å². The van der Waals surface area contributed by atoms with Crippen LogP contribution in [-0.4, -0.2) is 67.8 Å².